The van der Waals surface area contributed by atoms with Crippen LogP contribution >= 0.6 is 11.6 Å². The Morgan fingerprint density at radius 1 is 1.19 bits per heavy atom. The van der Waals surface area contributed by atoms with Crippen LogP contribution in [0.1, 0.15) is 19.8 Å². The number of halogens is 1. The van der Waals surface area contributed by atoms with Gasteiger partial charge in [-0.05, 0) is 51.4 Å². The van der Waals surface area contributed by atoms with Crippen LogP contribution in [0.3, 0.4) is 0 Å². The minimum absolute atomic E-state index is 0.687. The van der Waals surface area contributed by atoms with Crippen molar-refractivity contribution in [1.29, 1.82) is 0 Å². The fraction of sp³-hybridized carbons (Fsp3) is 0.650. The summed E-state index contributed by atoms with van der Waals surface area (Å²) < 4.78 is 0. The van der Waals surface area contributed by atoms with Crippen LogP contribution in [0.25, 0.3) is 0 Å². The zero-order valence-electron chi connectivity index (χ0n) is 16.1. The number of benzene rings is 1. The third kappa shape index (κ3) is 5.04. The molecule has 3 rings (SSSR count). The molecule has 0 radical (unpaired) electrons. The Bertz CT molecular complexity index is 598. The summed E-state index contributed by atoms with van der Waals surface area (Å²) in [5.74, 6) is 1.76. The van der Waals surface area contributed by atoms with Crippen LogP contribution in [-0.4, -0.2) is 75.2 Å². The van der Waals surface area contributed by atoms with Crippen LogP contribution in [0.5, 0.6) is 0 Å². The number of rotatable bonds is 4. The first-order valence-corrected chi connectivity index (χ1v) is 10.3. The fourth-order valence-corrected chi connectivity index (χ4v) is 4.19. The molecule has 2 heterocycles. The van der Waals surface area contributed by atoms with Gasteiger partial charge >= 0.3 is 0 Å². The number of likely N-dealkylation sites (tertiary alicyclic amines) is 1. The van der Waals surface area contributed by atoms with Gasteiger partial charge in [-0.15, -0.1) is 0 Å². The molecule has 0 bridgehead atoms. The predicted molar refractivity (Wildman–Crippen MR) is 111 cm³/mol. The molecule has 1 aromatic carbocycles. The maximum Gasteiger partial charge on any atom is 0.194 e. The molecule has 2 saturated heterocycles. The first kappa shape index (κ1) is 19.3. The number of aliphatic imine (C=N–C) groups is 1. The third-order valence-corrected chi connectivity index (χ3v) is 5.65. The normalized spacial score (nSPS) is 22.6. The molecule has 26 heavy (non-hydrogen) atoms. The number of para-hydroxylation sites is 1. The number of piperidine rings is 1. The van der Waals surface area contributed by atoms with Crippen molar-refractivity contribution in [2.75, 3.05) is 64.3 Å². The van der Waals surface area contributed by atoms with Crippen LogP contribution in [0.4, 0.5) is 5.69 Å². The Balaban J connectivity index is 1.57. The topological polar surface area (TPSA) is 34.1 Å². The molecule has 1 N–H and O–H groups in total. The number of anilines is 1. The molecule has 144 valence electrons. The molecule has 5 nitrogen and oxygen atoms in total. The monoisotopic (exact) mass is 377 g/mol. The second kappa shape index (κ2) is 9.47. The lowest BCUT2D eigenvalue weighted by atomic mass is 9.99. The Morgan fingerprint density at radius 2 is 1.96 bits per heavy atom. The van der Waals surface area contributed by atoms with Crippen molar-refractivity contribution in [3.63, 3.8) is 0 Å². The molecule has 2 aliphatic rings. The minimum atomic E-state index is 0.687. The Labute approximate surface area is 163 Å². The second-order valence-electron chi connectivity index (χ2n) is 7.39. The molecular weight excluding hydrogens is 346 g/mol. The summed E-state index contributed by atoms with van der Waals surface area (Å²) in [6.45, 7) is 10.3. The summed E-state index contributed by atoms with van der Waals surface area (Å²) in [7, 11) is 2.22. The summed E-state index contributed by atoms with van der Waals surface area (Å²) in [6, 6.07) is 8.12. The first-order valence-electron chi connectivity index (χ1n) is 9.88. The quantitative estimate of drug-likeness (QED) is 0.646. The lowest BCUT2D eigenvalue weighted by Crippen LogP contribution is -2.52. The number of hydrogen-bond acceptors (Lipinski definition) is 3. The van der Waals surface area contributed by atoms with E-state index in [1.54, 1.807) is 0 Å². The van der Waals surface area contributed by atoms with Crippen molar-refractivity contribution < 1.29 is 0 Å². The Morgan fingerprint density at radius 3 is 2.65 bits per heavy atom. The summed E-state index contributed by atoms with van der Waals surface area (Å²) in [5, 5.41) is 4.32. The number of piperazine rings is 1. The second-order valence-corrected chi connectivity index (χ2v) is 7.80. The van der Waals surface area contributed by atoms with Gasteiger partial charge in [0.1, 0.15) is 0 Å². The van der Waals surface area contributed by atoms with E-state index in [4.69, 9.17) is 16.6 Å². The highest BCUT2D eigenvalue weighted by Crippen LogP contribution is 2.26. The Hall–Kier alpha value is -1.46. The molecule has 1 unspecified atom stereocenters. The molecule has 0 aliphatic carbocycles. The lowest BCUT2D eigenvalue weighted by Gasteiger charge is -2.38. The average molecular weight is 378 g/mol. The summed E-state index contributed by atoms with van der Waals surface area (Å²) >= 11 is 6.36. The molecule has 0 amide bonds. The smallest absolute Gasteiger partial charge is 0.194 e. The predicted octanol–water partition coefficient (Wildman–Crippen LogP) is 2.77. The van der Waals surface area contributed by atoms with Gasteiger partial charge in [-0.25, -0.2) is 0 Å². The zero-order chi connectivity index (χ0) is 18.4. The van der Waals surface area contributed by atoms with Gasteiger partial charge in [-0.3, -0.25) is 4.99 Å². The van der Waals surface area contributed by atoms with E-state index in [0.717, 1.165) is 55.9 Å². The maximum absolute atomic E-state index is 6.36. The fourth-order valence-electron chi connectivity index (χ4n) is 3.93. The van der Waals surface area contributed by atoms with E-state index in [1.807, 2.05) is 12.1 Å². The van der Waals surface area contributed by atoms with Gasteiger partial charge in [-0.2, -0.15) is 0 Å². The number of nitrogens with zero attached hydrogens (tertiary/aromatic N) is 4. The molecule has 0 spiro atoms. The molecular formula is C20H32ClN5. The van der Waals surface area contributed by atoms with Gasteiger partial charge < -0.3 is 20.0 Å². The first-order chi connectivity index (χ1) is 12.7. The van der Waals surface area contributed by atoms with Crippen LogP contribution in [0, 0.1) is 5.92 Å². The largest absolute Gasteiger partial charge is 0.367 e. The Kier molecular flexibility index (Phi) is 7.03. The van der Waals surface area contributed by atoms with Crippen LogP contribution in [0.15, 0.2) is 29.3 Å². The van der Waals surface area contributed by atoms with Crippen molar-refractivity contribution in [3.8, 4) is 0 Å². The van der Waals surface area contributed by atoms with Crippen molar-refractivity contribution in [3.05, 3.63) is 29.3 Å². The maximum atomic E-state index is 6.36. The molecule has 2 fully saturated rings. The minimum Gasteiger partial charge on any atom is -0.367 e. The van der Waals surface area contributed by atoms with E-state index < -0.39 is 0 Å². The molecule has 6 heteroatoms. The standard InChI is InChI=1S/C20H32ClN5/c1-3-22-20(23-15-17-7-6-10-24(2)16-17)26-13-11-25(12-14-26)19-9-5-4-8-18(19)21/h4-5,8-9,17H,3,6-7,10-16H2,1-2H3,(H,22,23). The molecule has 1 atom stereocenters. The van der Waals surface area contributed by atoms with Gasteiger partial charge in [-0.1, -0.05) is 23.7 Å². The average Bonchev–Trinajstić information content (AvgIpc) is 2.66. The van der Waals surface area contributed by atoms with Gasteiger partial charge in [0.05, 0.1) is 10.7 Å². The molecule has 0 aromatic heterocycles. The lowest BCUT2D eigenvalue weighted by molar-refractivity contribution is 0.214. The summed E-state index contributed by atoms with van der Waals surface area (Å²) in [4.78, 5) is 12.2. The van der Waals surface area contributed by atoms with E-state index in [2.05, 4.69) is 46.1 Å². The molecule has 1 aromatic rings. The summed E-state index contributed by atoms with van der Waals surface area (Å²) in [5.41, 5.74) is 1.14. The molecule has 2 aliphatic heterocycles. The van der Waals surface area contributed by atoms with E-state index in [1.165, 1.54) is 25.9 Å². The van der Waals surface area contributed by atoms with Crippen LogP contribution in [-0.2, 0) is 0 Å². The van der Waals surface area contributed by atoms with Crippen LogP contribution < -0.4 is 10.2 Å². The van der Waals surface area contributed by atoms with Crippen LogP contribution in [0.2, 0.25) is 5.02 Å². The number of guanidine groups is 1. The summed E-state index contributed by atoms with van der Waals surface area (Å²) in [6.07, 6.45) is 2.59. The van der Waals surface area contributed by atoms with Gasteiger partial charge in [0, 0.05) is 45.8 Å². The third-order valence-electron chi connectivity index (χ3n) is 5.33. The van der Waals surface area contributed by atoms with Gasteiger partial charge in [0.25, 0.3) is 0 Å². The van der Waals surface area contributed by atoms with E-state index in [0.29, 0.717) is 5.92 Å². The number of hydrogen-bond donors (Lipinski definition) is 1. The van der Waals surface area contributed by atoms with E-state index in [-0.39, 0.29) is 0 Å². The highest BCUT2D eigenvalue weighted by Gasteiger charge is 2.22. The number of nitrogens with one attached hydrogen (secondary N) is 1. The van der Waals surface area contributed by atoms with Crippen molar-refractivity contribution >= 4 is 23.2 Å². The highest BCUT2D eigenvalue weighted by molar-refractivity contribution is 6.33. The van der Waals surface area contributed by atoms with Gasteiger partial charge in [0.2, 0.25) is 0 Å². The van der Waals surface area contributed by atoms with Gasteiger partial charge in [0.15, 0.2) is 5.96 Å². The zero-order valence-corrected chi connectivity index (χ0v) is 16.9. The van der Waals surface area contributed by atoms with E-state index in [9.17, 15) is 0 Å². The highest BCUT2D eigenvalue weighted by atomic mass is 35.5. The van der Waals surface area contributed by atoms with Crippen molar-refractivity contribution in [1.82, 2.24) is 15.1 Å². The molecule has 0 saturated carbocycles. The van der Waals surface area contributed by atoms with E-state index >= 15 is 0 Å². The van der Waals surface area contributed by atoms with Crippen molar-refractivity contribution in [2.45, 2.75) is 19.8 Å². The SMILES string of the molecule is CCNC(=NCC1CCCN(C)C1)N1CCN(c2ccccc2Cl)CC1. The van der Waals surface area contributed by atoms with Crippen molar-refractivity contribution in [2.24, 2.45) is 10.9 Å².